The van der Waals surface area contributed by atoms with Crippen molar-refractivity contribution in [3.05, 3.63) is 0 Å². The molecule has 3 unspecified atom stereocenters. The van der Waals surface area contributed by atoms with Gasteiger partial charge in [-0.2, -0.15) is 0 Å². The van der Waals surface area contributed by atoms with Crippen molar-refractivity contribution in [1.82, 2.24) is 4.90 Å². The van der Waals surface area contributed by atoms with Crippen LogP contribution >= 0.6 is 0 Å². The van der Waals surface area contributed by atoms with E-state index in [0.29, 0.717) is 11.5 Å². The van der Waals surface area contributed by atoms with Crippen molar-refractivity contribution in [3.8, 4) is 0 Å². The lowest BCUT2D eigenvalue weighted by Gasteiger charge is -2.45. The third-order valence-electron chi connectivity index (χ3n) is 6.09. The van der Waals surface area contributed by atoms with Crippen LogP contribution in [0.5, 0.6) is 0 Å². The molecule has 3 atom stereocenters. The first kappa shape index (κ1) is 15.3. The van der Waals surface area contributed by atoms with Crippen molar-refractivity contribution in [1.29, 1.82) is 0 Å². The molecule has 2 rings (SSSR count). The second kappa shape index (κ2) is 6.58. The summed E-state index contributed by atoms with van der Waals surface area (Å²) in [7, 11) is 0. The van der Waals surface area contributed by atoms with E-state index in [9.17, 15) is 0 Å². The van der Waals surface area contributed by atoms with Gasteiger partial charge in [-0.25, -0.2) is 0 Å². The molecule has 19 heavy (non-hydrogen) atoms. The Balaban J connectivity index is 1.91. The standard InChI is InChI=1S/C17H34N2/c1-4-17(3)8-10-19(11-9-17)16(13-18)15-7-5-6-14(2)12-15/h14-16H,4-13,18H2,1-3H3. The number of hydrogen-bond acceptors (Lipinski definition) is 2. The van der Waals surface area contributed by atoms with Crippen LogP contribution in [0.15, 0.2) is 0 Å². The summed E-state index contributed by atoms with van der Waals surface area (Å²) >= 11 is 0. The molecule has 0 aromatic carbocycles. The Morgan fingerprint density at radius 3 is 2.47 bits per heavy atom. The minimum absolute atomic E-state index is 0.593. The van der Waals surface area contributed by atoms with E-state index >= 15 is 0 Å². The Morgan fingerprint density at radius 1 is 1.26 bits per heavy atom. The van der Waals surface area contributed by atoms with Crippen LogP contribution < -0.4 is 5.73 Å². The molecule has 1 saturated heterocycles. The van der Waals surface area contributed by atoms with Crippen LogP contribution in [0.4, 0.5) is 0 Å². The van der Waals surface area contributed by atoms with Crippen LogP contribution in [0, 0.1) is 17.3 Å². The molecule has 0 aromatic heterocycles. The second-order valence-corrected chi connectivity index (χ2v) is 7.54. The predicted octanol–water partition coefficient (Wildman–Crippen LogP) is 3.65. The van der Waals surface area contributed by atoms with Crippen molar-refractivity contribution in [2.24, 2.45) is 23.0 Å². The summed E-state index contributed by atoms with van der Waals surface area (Å²) in [4.78, 5) is 2.72. The Morgan fingerprint density at radius 2 is 1.95 bits per heavy atom. The number of likely N-dealkylation sites (tertiary alicyclic amines) is 1. The van der Waals surface area contributed by atoms with E-state index in [4.69, 9.17) is 5.73 Å². The SMILES string of the molecule is CCC1(C)CCN(C(CN)C2CCCC(C)C2)CC1. The molecule has 1 aliphatic carbocycles. The first-order chi connectivity index (χ1) is 9.08. The lowest BCUT2D eigenvalue weighted by atomic mass is 9.75. The van der Waals surface area contributed by atoms with E-state index in [2.05, 4.69) is 25.7 Å². The molecule has 1 aliphatic heterocycles. The summed E-state index contributed by atoms with van der Waals surface area (Å²) in [6.45, 7) is 10.6. The summed E-state index contributed by atoms with van der Waals surface area (Å²) in [5, 5.41) is 0. The molecule has 2 N–H and O–H groups in total. The number of nitrogens with two attached hydrogens (primary N) is 1. The lowest BCUT2D eigenvalue weighted by molar-refractivity contribution is 0.0446. The number of rotatable bonds is 4. The van der Waals surface area contributed by atoms with Gasteiger partial charge in [0.15, 0.2) is 0 Å². The maximum Gasteiger partial charge on any atom is 0.0246 e. The molecule has 112 valence electrons. The van der Waals surface area contributed by atoms with Crippen LogP contribution in [-0.2, 0) is 0 Å². The summed E-state index contributed by atoms with van der Waals surface area (Å²) < 4.78 is 0. The highest BCUT2D eigenvalue weighted by molar-refractivity contribution is 4.89. The minimum atomic E-state index is 0.593. The topological polar surface area (TPSA) is 29.3 Å². The fourth-order valence-corrected chi connectivity index (χ4v) is 4.22. The number of piperidine rings is 1. The van der Waals surface area contributed by atoms with Crippen LogP contribution in [0.3, 0.4) is 0 Å². The van der Waals surface area contributed by atoms with Crippen molar-refractivity contribution in [3.63, 3.8) is 0 Å². The molecule has 1 heterocycles. The highest BCUT2D eigenvalue weighted by Gasteiger charge is 2.35. The van der Waals surface area contributed by atoms with Crippen LogP contribution in [0.2, 0.25) is 0 Å². The zero-order chi connectivity index (χ0) is 13.9. The molecule has 2 heteroatoms. The zero-order valence-corrected chi connectivity index (χ0v) is 13.3. The molecule has 0 aromatic rings. The van der Waals surface area contributed by atoms with Gasteiger partial charge in [0.25, 0.3) is 0 Å². The van der Waals surface area contributed by atoms with E-state index in [-0.39, 0.29) is 0 Å². The average Bonchev–Trinajstić information content (AvgIpc) is 2.42. The van der Waals surface area contributed by atoms with Gasteiger partial charge in [0.2, 0.25) is 0 Å². The van der Waals surface area contributed by atoms with Crippen molar-refractivity contribution in [2.75, 3.05) is 19.6 Å². The first-order valence-electron chi connectivity index (χ1n) is 8.52. The predicted molar refractivity (Wildman–Crippen MR) is 83.2 cm³/mol. The van der Waals surface area contributed by atoms with Crippen LogP contribution in [-0.4, -0.2) is 30.6 Å². The molecule has 0 radical (unpaired) electrons. The quantitative estimate of drug-likeness (QED) is 0.841. The highest BCUT2D eigenvalue weighted by Crippen LogP contribution is 2.38. The Kier molecular flexibility index (Phi) is 5.30. The third kappa shape index (κ3) is 3.72. The summed E-state index contributed by atoms with van der Waals surface area (Å²) in [6.07, 6.45) is 9.72. The van der Waals surface area contributed by atoms with Gasteiger partial charge in [-0.1, -0.05) is 40.0 Å². The molecule has 0 bridgehead atoms. The number of nitrogens with zero attached hydrogens (tertiary/aromatic N) is 1. The van der Waals surface area contributed by atoms with Crippen LogP contribution in [0.25, 0.3) is 0 Å². The molecular weight excluding hydrogens is 232 g/mol. The van der Waals surface area contributed by atoms with E-state index in [1.54, 1.807) is 0 Å². The fraction of sp³-hybridized carbons (Fsp3) is 1.00. The molecule has 0 spiro atoms. The van der Waals surface area contributed by atoms with Crippen molar-refractivity contribution >= 4 is 0 Å². The maximum absolute atomic E-state index is 6.14. The van der Waals surface area contributed by atoms with Gasteiger partial charge in [0.05, 0.1) is 0 Å². The van der Waals surface area contributed by atoms with Gasteiger partial charge in [0, 0.05) is 12.6 Å². The molecule has 1 saturated carbocycles. The van der Waals surface area contributed by atoms with E-state index in [0.717, 1.165) is 18.4 Å². The van der Waals surface area contributed by atoms with Gasteiger partial charge < -0.3 is 5.73 Å². The van der Waals surface area contributed by atoms with E-state index < -0.39 is 0 Å². The first-order valence-corrected chi connectivity index (χ1v) is 8.52. The van der Waals surface area contributed by atoms with Gasteiger partial charge in [-0.3, -0.25) is 4.90 Å². The normalized spacial score (nSPS) is 34.1. The number of hydrogen-bond donors (Lipinski definition) is 1. The van der Waals surface area contributed by atoms with E-state index in [1.807, 2.05) is 0 Å². The second-order valence-electron chi connectivity index (χ2n) is 7.54. The molecule has 0 amide bonds. The summed E-state index contributed by atoms with van der Waals surface area (Å²) in [6, 6.07) is 0.657. The van der Waals surface area contributed by atoms with Gasteiger partial charge in [-0.15, -0.1) is 0 Å². The van der Waals surface area contributed by atoms with E-state index in [1.165, 1.54) is 58.0 Å². The largest absolute Gasteiger partial charge is 0.329 e. The molecule has 2 fully saturated rings. The van der Waals surface area contributed by atoms with Gasteiger partial charge >= 0.3 is 0 Å². The minimum Gasteiger partial charge on any atom is -0.329 e. The maximum atomic E-state index is 6.14. The monoisotopic (exact) mass is 266 g/mol. The smallest absolute Gasteiger partial charge is 0.0246 e. The van der Waals surface area contributed by atoms with Gasteiger partial charge in [-0.05, 0) is 56.0 Å². The lowest BCUT2D eigenvalue weighted by Crippen LogP contribution is -2.51. The Hall–Kier alpha value is -0.0800. The highest BCUT2D eigenvalue weighted by atomic mass is 15.2. The zero-order valence-electron chi connectivity index (χ0n) is 13.3. The molecule has 2 aliphatic rings. The average molecular weight is 266 g/mol. The summed E-state index contributed by atoms with van der Waals surface area (Å²) in [5.41, 5.74) is 6.73. The van der Waals surface area contributed by atoms with Gasteiger partial charge in [0.1, 0.15) is 0 Å². The Labute approximate surface area is 120 Å². The molecular formula is C17H34N2. The van der Waals surface area contributed by atoms with Crippen LogP contribution in [0.1, 0.15) is 65.7 Å². The Bertz CT molecular complexity index is 268. The fourth-order valence-electron chi connectivity index (χ4n) is 4.22. The third-order valence-corrected chi connectivity index (χ3v) is 6.09. The molecule has 2 nitrogen and oxygen atoms in total. The summed E-state index contributed by atoms with van der Waals surface area (Å²) in [5.74, 6) is 1.78. The van der Waals surface area contributed by atoms with Crippen molar-refractivity contribution in [2.45, 2.75) is 71.8 Å². The van der Waals surface area contributed by atoms with Crippen molar-refractivity contribution < 1.29 is 0 Å².